The first-order valence-corrected chi connectivity index (χ1v) is 10.7. The molecule has 3 aromatic rings. The predicted molar refractivity (Wildman–Crippen MR) is 121 cm³/mol. The van der Waals surface area contributed by atoms with E-state index in [2.05, 4.69) is 57.7 Å². The highest BCUT2D eigenvalue weighted by molar-refractivity contribution is 6.30. The summed E-state index contributed by atoms with van der Waals surface area (Å²) in [6.45, 7) is 3.08. The van der Waals surface area contributed by atoms with E-state index in [4.69, 9.17) is 11.6 Å². The minimum absolute atomic E-state index is 0.177. The molecule has 0 saturated carbocycles. The molecular formula is C23H25ClN6. The number of hydrogen-bond acceptors (Lipinski definition) is 5. The number of aryl methyl sites for hydroxylation is 1. The highest BCUT2D eigenvalue weighted by Gasteiger charge is 2.31. The van der Waals surface area contributed by atoms with Crippen molar-refractivity contribution in [1.29, 1.82) is 0 Å². The summed E-state index contributed by atoms with van der Waals surface area (Å²) in [5.74, 6) is 0. The number of allylic oxidation sites excluding steroid dienone is 1. The van der Waals surface area contributed by atoms with E-state index in [1.54, 1.807) is 0 Å². The number of nitrogens with zero attached hydrogens (tertiary/aromatic N) is 3. The van der Waals surface area contributed by atoms with Crippen LogP contribution in [-0.4, -0.2) is 21.3 Å². The van der Waals surface area contributed by atoms with Crippen LogP contribution in [0.3, 0.4) is 0 Å². The highest BCUT2D eigenvalue weighted by Crippen LogP contribution is 2.39. The maximum Gasteiger partial charge on any atom is 0.0816 e. The third-order valence-electron chi connectivity index (χ3n) is 5.80. The Morgan fingerprint density at radius 1 is 1.17 bits per heavy atom. The molecule has 0 bridgehead atoms. The van der Waals surface area contributed by atoms with Gasteiger partial charge in [0.25, 0.3) is 0 Å². The van der Waals surface area contributed by atoms with Gasteiger partial charge in [-0.15, -0.1) is 5.53 Å². The lowest BCUT2D eigenvalue weighted by Gasteiger charge is -2.21. The Morgan fingerprint density at radius 3 is 2.73 bits per heavy atom. The van der Waals surface area contributed by atoms with Crippen LogP contribution < -0.4 is 16.3 Å². The predicted octanol–water partition coefficient (Wildman–Crippen LogP) is 4.70. The molecule has 0 spiro atoms. The number of benzene rings is 2. The van der Waals surface area contributed by atoms with E-state index >= 15 is 0 Å². The molecule has 6 nitrogen and oxygen atoms in total. The maximum absolute atomic E-state index is 6.09. The van der Waals surface area contributed by atoms with Crippen molar-refractivity contribution < 1.29 is 0 Å². The molecule has 3 heterocycles. The Bertz CT molecular complexity index is 1100. The second-order valence-electron chi connectivity index (χ2n) is 7.77. The molecule has 7 heteroatoms. The molecule has 2 aromatic carbocycles. The third kappa shape index (κ3) is 3.42. The fraction of sp³-hybridized carbons (Fsp3) is 0.261. The summed E-state index contributed by atoms with van der Waals surface area (Å²) in [5.41, 5.74) is 15.1. The maximum atomic E-state index is 6.09. The summed E-state index contributed by atoms with van der Waals surface area (Å²) in [7, 11) is 1.95. The molecular weight excluding hydrogens is 396 g/mol. The van der Waals surface area contributed by atoms with Gasteiger partial charge in [0.1, 0.15) is 0 Å². The zero-order valence-corrected chi connectivity index (χ0v) is 17.9. The number of aromatic nitrogens is 2. The van der Waals surface area contributed by atoms with Gasteiger partial charge in [-0.1, -0.05) is 30.7 Å². The first-order chi connectivity index (χ1) is 14.6. The number of fused-ring (bicyclic) bond motifs is 3. The molecule has 5 rings (SSSR count). The van der Waals surface area contributed by atoms with Gasteiger partial charge in [-0.05, 0) is 54.3 Å². The Hall–Kier alpha value is -2.96. The Morgan fingerprint density at radius 2 is 2.00 bits per heavy atom. The van der Waals surface area contributed by atoms with Crippen molar-refractivity contribution in [1.82, 2.24) is 25.7 Å². The van der Waals surface area contributed by atoms with Crippen molar-refractivity contribution in [2.24, 2.45) is 7.05 Å². The topological polar surface area (TPSA) is 57.2 Å². The fourth-order valence-electron chi connectivity index (χ4n) is 4.27. The Kier molecular flexibility index (Phi) is 4.89. The van der Waals surface area contributed by atoms with E-state index in [9.17, 15) is 0 Å². The zero-order valence-electron chi connectivity index (χ0n) is 17.1. The molecule has 1 aromatic heterocycles. The lowest BCUT2D eigenvalue weighted by molar-refractivity contribution is 0.280. The van der Waals surface area contributed by atoms with Crippen LogP contribution in [0.1, 0.15) is 36.9 Å². The molecule has 0 saturated heterocycles. The first kappa shape index (κ1) is 19.0. The molecule has 0 radical (unpaired) electrons. The van der Waals surface area contributed by atoms with Crippen LogP contribution >= 0.6 is 11.6 Å². The molecule has 1 unspecified atom stereocenters. The van der Waals surface area contributed by atoms with Crippen LogP contribution in [0.15, 0.2) is 60.6 Å². The molecule has 0 aliphatic carbocycles. The summed E-state index contributed by atoms with van der Waals surface area (Å²) in [5, 5.41) is 11.1. The van der Waals surface area contributed by atoms with Crippen molar-refractivity contribution in [3.8, 4) is 11.1 Å². The number of hydrazine groups is 2. The molecule has 30 heavy (non-hydrogen) atoms. The van der Waals surface area contributed by atoms with Gasteiger partial charge in [0.05, 0.1) is 23.6 Å². The summed E-state index contributed by atoms with van der Waals surface area (Å²) in [6.07, 6.45) is 5.88. The molecule has 2 aliphatic heterocycles. The Labute approximate surface area is 181 Å². The lowest BCUT2D eigenvalue weighted by atomic mass is 9.93. The van der Waals surface area contributed by atoms with Gasteiger partial charge < -0.3 is 10.7 Å². The average molecular weight is 421 g/mol. The standard InChI is InChI=1S/C23H25ClN6/c1-3-21-23-19-9-4-15(16-13-25-29(2)14-16)12-20(19)22(10-11-30(23)28-27-21)26-18-7-5-17(24)6-8-18/h4-9,12-14,22,26-28H,3,10-11H2,1-2H3. The summed E-state index contributed by atoms with van der Waals surface area (Å²) in [4.78, 5) is 0. The Balaban J connectivity index is 1.61. The summed E-state index contributed by atoms with van der Waals surface area (Å²) in [6, 6.07) is 14.8. The van der Waals surface area contributed by atoms with Crippen LogP contribution in [0.2, 0.25) is 5.02 Å². The van der Waals surface area contributed by atoms with E-state index < -0.39 is 0 Å². The quantitative estimate of drug-likeness (QED) is 0.571. The molecule has 0 amide bonds. The van der Waals surface area contributed by atoms with Crippen LogP contribution in [0, 0.1) is 0 Å². The summed E-state index contributed by atoms with van der Waals surface area (Å²) < 4.78 is 1.84. The molecule has 1 atom stereocenters. The number of anilines is 1. The van der Waals surface area contributed by atoms with E-state index in [0.717, 1.165) is 35.7 Å². The van der Waals surface area contributed by atoms with E-state index in [1.165, 1.54) is 28.1 Å². The second kappa shape index (κ2) is 7.70. The third-order valence-corrected chi connectivity index (χ3v) is 6.05. The number of nitrogens with one attached hydrogen (secondary N) is 3. The first-order valence-electron chi connectivity index (χ1n) is 10.3. The van der Waals surface area contributed by atoms with Crippen LogP contribution in [0.25, 0.3) is 16.8 Å². The smallest absolute Gasteiger partial charge is 0.0816 e. The monoisotopic (exact) mass is 420 g/mol. The van der Waals surface area contributed by atoms with E-state index in [1.807, 2.05) is 42.2 Å². The van der Waals surface area contributed by atoms with Crippen molar-refractivity contribution in [2.45, 2.75) is 25.8 Å². The van der Waals surface area contributed by atoms with Crippen molar-refractivity contribution >= 4 is 23.0 Å². The molecule has 154 valence electrons. The summed E-state index contributed by atoms with van der Waals surface area (Å²) >= 11 is 6.09. The lowest BCUT2D eigenvalue weighted by Crippen LogP contribution is -2.38. The van der Waals surface area contributed by atoms with Crippen LogP contribution in [-0.2, 0) is 7.05 Å². The number of hydrogen-bond donors (Lipinski definition) is 3. The second-order valence-corrected chi connectivity index (χ2v) is 8.20. The van der Waals surface area contributed by atoms with Gasteiger partial charge in [-0.2, -0.15) is 5.10 Å². The largest absolute Gasteiger partial charge is 0.378 e. The minimum Gasteiger partial charge on any atom is -0.378 e. The fourth-order valence-corrected chi connectivity index (χ4v) is 4.40. The molecule has 0 fully saturated rings. The van der Waals surface area contributed by atoms with Gasteiger partial charge in [-0.25, -0.2) is 0 Å². The molecule has 2 aliphatic rings. The molecule has 3 N–H and O–H groups in total. The SMILES string of the molecule is CCC1=C2c3ccc(-c4cnn(C)c4)cc3C(Nc3ccc(Cl)cc3)CCN2NN1. The van der Waals surface area contributed by atoms with Crippen LogP contribution in [0.4, 0.5) is 5.69 Å². The highest BCUT2D eigenvalue weighted by atomic mass is 35.5. The van der Waals surface area contributed by atoms with Gasteiger partial charge in [0.2, 0.25) is 0 Å². The van der Waals surface area contributed by atoms with Crippen molar-refractivity contribution in [2.75, 3.05) is 11.9 Å². The zero-order chi connectivity index (χ0) is 20.7. The number of rotatable bonds is 4. The van der Waals surface area contributed by atoms with Crippen molar-refractivity contribution in [3.63, 3.8) is 0 Å². The van der Waals surface area contributed by atoms with Crippen molar-refractivity contribution in [3.05, 3.63) is 76.7 Å². The van der Waals surface area contributed by atoms with Crippen LogP contribution in [0.5, 0.6) is 0 Å². The van der Waals surface area contributed by atoms with E-state index in [-0.39, 0.29) is 6.04 Å². The number of halogens is 1. The van der Waals surface area contributed by atoms with Gasteiger partial charge >= 0.3 is 0 Å². The van der Waals surface area contributed by atoms with E-state index in [0.29, 0.717) is 0 Å². The average Bonchev–Trinajstić information content (AvgIpc) is 3.34. The minimum atomic E-state index is 0.177. The van der Waals surface area contributed by atoms with Gasteiger partial charge in [0, 0.05) is 41.6 Å². The van der Waals surface area contributed by atoms with Gasteiger partial charge in [-0.3, -0.25) is 9.69 Å². The van der Waals surface area contributed by atoms with Gasteiger partial charge in [0.15, 0.2) is 0 Å². The normalized spacial score (nSPS) is 18.0.